The first-order valence-corrected chi connectivity index (χ1v) is 8.14. The van der Waals surface area contributed by atoms with Crippen LogP contribution in [0.2, 0.25) is 0 Å². The molecule has 0 bridgehead atoms. The Kier molecular flexibility index (Phi) is 9.30. The van der Waals surface area contributed by atoms with Crippen LogP contribution in [0.1, 0.15) is 24.8 Å². The van der Waals surface area contributed by atoms with Gasteiger partial charge in [-0.1, -0.05) is 30.3 Å². The molecule has 0 unspecified atom stereocenters. The summed E-state index contributed by atoms with van der Waals surface area (Å²) in [6.07, 6.45) is -3.20. The first-order chi connectivity index (χ1) is 12.8. The maximum absolute atomic E-state index is 11.7. The number of nitrogens with one attached hydrogen (secondary N) is 2. The minimum Gasteiger partial charge on any atom is -0.481 e. The van der Waals surface area contributed by atoms with Crippen LogP contribution in [0.25, 0.3) is 0 Å². The average Bonchev–Trinajstić information content (AvgIpc) is 2.62. The Morgan fingerprint density at radius 1 is 1.07 bits per heavy atom. The van der Waals surface area contributed by atoms with E-state index < -0.39 is 48.9 Å². The van der Waals surface area contributed by atoms with Gasteiger partial charge in [-0.25, -0.2) is 9.59 Å². The highest BCUT2D eigenvalue weighted by Gasteiger charge is 2.22. The number of ether oxygens (including phenoxy) is 1. The van der Waals surface area contributed by atoms with Gasteiger partial charge in [-0.15, -0.1) is 0 Å². The van der Waals surface area contributed by atoms with E-state index in [0.717, 1.165) is 5.56 Å². The third kappa shape index (κ3) is 9.80. The predicted molar refractivity (Wildman–Crippen MR) is 91.7 cm³/mol. The van der Waals surface area contributed by atoms with Crippen LogP contribution >= 0.6 is 0 Å². The van der Waals surface area contributed by atoms with Crippen molar-refractivity contribution in [1.82, 2.24) is 10.6 Å². The van der Waals surface area contributed by atoms with Crippen molar-refractivity contribution in [2.75, 3.05) is 6.54 Å². The third-order valence-electron chi connectivity index (χ3n) is 3.40. The third-order valence-corrected chi connectivity index (χ3v) is 3.40. The zero-order valence-electron chi connectivity index (χ0n) is 14.5. The van der Waals surface area contributed by atoms with E-state index in [2.05, 4.69) is 10.6 Å². The Labute approximate surface area is 155 Å². The van der Waals surface area contributed by atoms with Crippen LogP contribution in [0.4, 0.5) is 4.79 Å². The summed E-state index contributed by atoms with van der Waals surface area (Å²) in [4.78, 5) is 44.8. The van der Waals surface area contributed by atoms with Gasteiger partial charge in [0.05, 0.1) is 12.5 Å². The van der Waals surface area contributed by atoms with Crippen molar-refractivity contribution in [2.24, 2.45) is 0 Å². The zero-order chi connectivity index (χ0) is 20.2. The fourth-order valence-electron chi connectivity index (χ4n) is 2.04. The normalized spacial score (nSPS) is 12.5. The topological polar surface area (TPSA) is 162 Å². The van der Waals surface area contributed by atoms with Crippen molar-refractivity contribution in [3.8, 4) is 0 Å². The molecule has 0 radical (unpaired) electrons. The molecular formula is C17H22N2O8. The predicted octanol–water partition coefficient (Wildman–Crippen LogP) is 0.0980. The SMILES string of the molecule is O=C(O)CC[C@H](NC(=O)C[C@H](O)CNC(=O)OCc1ccccc1)C(=O)O. The number of carboxylic acids is 2. The summed E-state index contributed by atoms with van der Waals surface area (Å²) in [7, 11) is 0. The lowest BCUT2D eigenvalue weighted by atomic mass is 10.1. The molecule has 0 fully saturated rings. The van der Waals surface area contributed by atoms with Gasteiger partial charge in [0.15, 0.2) is 0 Å². The second-order valence-electron chi connectivity index (χ2n) is 5.69. The van der Waals surface area contributed by atoms with Gasteiger partial charge in [0, 0.05) is 13.0 Å². The number of carbonyl (C=O) groups excluding carboxylic acids is 2. The fraction of sp³-hybridized carbons (Fsp3) is 0.412. The second-order valence-corrected chi connectivity index (χ2v) is 5.69. The van der Waals surface area contributed by atoms with E-state index in [-0.39, 0.29) is 19.6 Å². The average molecular weight is 382 g/mol. The number of amides is 2. The second kappa shape index (κ2) is 11.5. The van der Waals surface area contributed by atoms with Gasteiger partial charge in [0.2, 0.25) is 5.91 Å². The quantitative estimate of drug-likeness (QED) is 0.360. The summed E-state index contributed by atoms with van der Waals surface area (Å²) in [5, 5.41) is 31.7. The number of benzene rings is 1. The first kappa shape index (κ1) is 21.9. The van der Waals surface area contributed by atoms with Crippen LogP contribution in [0.15, 0.2) is 30.3 Å². The Bertz CT molecular complexity index is 650. The van der Waals surface area contributed by atoms with Crippen LogP contribution in [-0.4, -0.2) is 57.9 Å². The Morgan fingerprint density at radius 2 is 1.74 bits per heavy atom. The van der Waals surface area contributed by atoms with Crippen LogP contribution in [0.3, 0.4) is 0 Å². The fourth-order valence-corrected chi connectivity index (χ4v) is 2.04. The van der Waals surface area contributed by atoms with Gasteiger partial charge in [-0.05, 0) is 12.0 Å². The molecular weight excluding hydrogens is 360 g/mol. The molecule has 0 aliphatic heterocycles. The zero-order valence-corrected chi connectivity index (χ0v) is 14.5. The van der Waals surface area contributed by atoms with E-state index in [1.807, 2.05) is 6.07 Å². The van der Waals surface area contributed by atoms with Crippen molar-refractivity contribution in [3.05, 3.63) is 35.9 Å². The molecule has 0 saturated heterocycles. The van der Waals surface area contributed by atoms with Crippen LogP contribution in [-0.2, 0) is 25.7 Å². The molecule has 5 N–H and O–H groups in total. The van der Waals surface area contributed by atoms with Crippen molar-refractivity contribution in [3.63, 3.8) is 0 Å². The number of aliphatic carboxylic acids is 2. The smallest absolute Gasteiger partial charge is 0.407 e. The summed E-state index contributed by atoms with van der Waals surface area (Å²) in [5.74, 6) is -3.34. The molecule has 0 aliphatic carbocycles. The van der Waals surface area contributed by atoms with Crippen LogP contribution in [0, 0.1) is 0 Å². The molecule has 2 amide bonds. The highest BCUT2D eigenvalue weighted by Crippen LogP contribution is 2.02. The summed E-state index contributed by atoms with van der Waals surface area (Å²) in [6.45, 7) is -0.221. The molecule has 1 aromatic carbocycles. The number of carboxylic acid groups (broad SMARTS) is 2. The van der Waals surface area contributed by atoms with Gasteiger partial charge in [-0.3, -0.25) is 9.59 Å². The molecule has 0 aromatic heterocycles. The number of aliphatic hydroxyl groups excluding tert-OH is 1. The van der Waals surface area contributed by atoms with Crippen LogP contribution < -0.4 is 10.6 Å². The summed E-state index contributed by atoms with van der Waals surface area (Å²) in [6, 6.07) is 7.58. The molecule has 1 aromatic rings. The lowest BCUT2D eigenvalue weighted by Crippen LogP contribution is -2.43. The molecule has 2 atom stereocenters. The maximum Gasteiger partial charge on any atom is 0.407 e. The van der Waals surface area contributed by atoms with E-state index in [4.69, 9.17) is 14.9 Å². The lowest BCUT2D eigenvalue weighted by molar-refractivity contribution is -0.143. The Morgan fingerprint density at radius 3 is 2.33 bits per heavy atom. The van der Waals surface area contributed by atoms with E-state index in [1.54, 1.807) is 24.3 Å². The van der Waals surface area contributed by atoms with E-state index in [1.165, 1.54) is 0 Å². The number of hydrogen-bond donors (Lipinski definition) is 5. The van der Waals surface area contributed by atoms with E-state index in [0.29, 0.717) is 0 Å². The van der Waals surface area contributed by atoms with Crippen molar-refractivity contribution in [2.45, 2.75) is 38.0 Å². The van der Waals surface area contributed by atoms with Gasteiger partial charge >= 0.3 is 18.0 Å². The monoisotopic (exact) mass is 382 g/mol. The summed E-state index contributed by atoms with van der Waals surface area (Å²) in [5.41, 5.74) is 0.786. The molecule has 0 saturated carbocycles. The molecule has 0 spiro atoms. The van der Waals surface area contributed by atoms with Crippen LogP contribution in [0.5, 0.6) is 0 Å². The highest BCUT2D eigenvalue weighted by molar-refractivity contribution is 5.84. The van der Waals surface area contributed by atoms with Gasteiger partial charge in [0.1, 0.15) is 12.6 Å². The van der Waals surface area contributed by atoms with Gasteiger partial charge in [0.25, 0.3) is 0 Å². The van der Waals surface area contributed by atoms with Gasteiger partial charge in [-0.2, -0.15) is 0 Å². The minimum atomic E-state index is -1.37. The molecule has 27 heavy (non-hydrogen) atoms. The molecule has 10 nitrogen and oxygen atoms in total. The maximum atomic E-state index is 11.7. The molecule has 148 valence electrons. The summed E-state index contributed by atoms with van der Waals surface area (Å²) >= 11 is 0. The van der Waals surface area contributed by atoms with Gasteiger partial charge < -0.3 is 30.7 Å². The highest BCUT2D eigenvalue weighted by atomic mass is 16.5. The largest absolute Gasteiger partial charge is 0.481 e. The molecule has 0 aliphatic rings. The number of rotatable bonds is 11. The standard InChI is InChI=1S/C17H22N2O8/c20-12(8-14(21)19-13(16(24)25)6-7-15(22)23)9-18-17(26)27-10-11-4-2-1-3-5-11/h1-5,12-13,20H,6-10H2,(H,18,26)(H,19,21)(H,22,23)(H,24,25)/t12-,13-/m0/s1. The number of hydrogen-bond acceptors (Lipinski definition) is 6. The number of carbonyl (C=O) groups is 4. The lowest BCUT2D eigenvalue weighted by Gasteiger charge is -2.16. The molecule has 0 heterocycles. The first-order valence-electron chi connectivity index (χ1n) is 8.14. The van der Waals surface area contributed by atoms with Crippen molar-refractivity contribution in [1.29, 1.82) is 0 Å². The molecule has 1 rings (SSSR count). The summed E-state index contributed by atoms with van der Waals surface area (Å²) < 4.78 is 4.94. The molecule has 10 heteroatoms. The van der Waals surface area contributed by atoms with E-state index in [9.17, 15) is 24.3 Å². The van der Waals surface area contributed by atoms with Crippen molar-refractivity contribution >= 4 is 23.9 Å². The Hall–Kier alpha value is -3.14. The van der Waals surface area contributed by atoms with E-state index >= 15 is 0 Å². The minimum absolute atomic E-state index is 0.0487. The number of aliphatic hydroxyl groups is 1. The Balaban J connectivity index is 2.30. The van der Waals surface area contributed by atoms with Crippen molar-refractivity contribution < 1.29 is 39.2 Å². The number of alkyl carbamates (subject to hydrolysis) is 1.